The number of nitrogens with zero attached hydrogens (tertiary/aromatic N) is 3. The number of benzene rings is 1. The molecule has 0 saturated heterocycles. The highest BCUT2D eigenvalue weighted by atomic mass is 32.1. The Morgan fingerprint density at radius 3 is 2.81 bits per heavy atom. The lowest BCUT2D eigenvalue weighted by Gasteiger charge is -2.07. The Kier molecular flexibility index (Phi) is 3.65. The van der Waals surface area contributed by atoms with Crippen LogP contribution in [0.4, 0.5) is 5.69 Å². The molecule has 0 unspecified atom stereocenters. The normalized spacial score (nSPS) is 10.5. The van der Waals surface area contributed by atoms with Crippen LogP contribution >= 0.6 is 11.3 Å². The van der Waals surface area contributed by atoms with Crippen LogP contribution in [-0.4, -0.2) is 20.7 Å². The summed E-state index contributed by atoms with van der Waals surface area (Å²) in [4.78, 5) is 12.1. The molecule has 1 aromatic carbocycles. The van der Waals surface area contributed by atoms with E-state index in [4.69, 9.17) is 5.73 Å². The van der Waals surface area contributed by atoms with E-state index in [2.05, 4.69) is 15.5 Å². The van der Waals surface area contributed by atoms with Gasteiger partial charge in [0.1, 0.15) is 12.7 Å². The van der Waals surface area contributed by atoms with Crippen LogP contribution in [0.2, 0.25) is 0 Å². The molecule has 3 rings (SSSR count). The highest BCUT2D eigenvalue weighted by molar-refractivity contribution is 7.10. The molecule has 0 aliphatic heterocycles. The lowest BCUT2D eigenvalue weighted by molar-refractivity contribution is 0.100. The van der Waals surface area contributed by atoms with Crippen LogP contribution in [0.1, 0.15) is 15.2 Å². The van der Waals surface area contributed by atoms with Crippen LogP contribution in [0.3, 0.4) is 0 Å². The van der Waals surface area contributed by atoms with Crippen molar-refractivity contribution in [3.05, 3.63) is 58.8 Å². The third-order valence-corrected chi connectivity index (χ3v) is 3.90. The summed E-state index contributed by atoms with van der Waals surface area (Å²) >= 11 is 1.51. The van der Waals surface area contributed by atoms with Gasteiger partial charge in [-0.05, 0) is 24.3 Å². The van der Waals surface area contributed by atoms with Crippen molar-refractivity contribution in [1.29, 1.82) is 0 Å². The molecule has 0 fully saturated rings. The van der Waals surface area contributed by atoms with Crippen LogP contribution in [0.15, 0.2) is 48.4 Å². The molecule has 0 spiro atoms. The highest BCUT2D eigenvalue weighted by Crippen LogP contribution is 2.18. The zero-order valence-corrected chi connectivity index (χ0v) is 11.9. The van der Waals surface area contributed by atoms with Crippen molar-refractivity contribution in [3.63, 3.8) is 0 Å². The first-order valence-corrected chi connectivity index (χ1v) is 7.16. The van der Waals surface area contributed by atoms with E-state index in [0.717, 1.165) is 16.3 Å². The molecule has 0 saturated carbocycles. The van der Waals surface area contributed by atoms with Crippen molar-refractivity contribution in [2.75, 3.05) is 5.32 Å². The van der Waals surface area contributed by atoms with Gasteiger partial charge in [-0.15, -0.1) is 21.5 Å². The molecule has 106 valence electrons. The maximum absolute atomic E-state index is 11.1. The molecule has 0 radical (unpaired) electrons. The minimum absolute atomic E-state index is 0.396. The Morgan fingerprint density at radius 2 is 2.10 bits per heavy atom. The second-order valence-corrected chi connectivity index (χ2v) is 5.43. The number of anilines is 1. The van der Waals surface area contributed by atoms with Crippen LogP contribution in [-0.2, 0) is 6.54 Å². The second kappa shape index (κ2) is 5.76. The van der Waals surface area contributed by atoms with Gasteiger partial charge in [-0.3, -0.25) is 9.36 Å². The second-order valence-electron chi connectivity index (χ2n) is 4.44. The number of carbonyl (C=O) groups is 1. The van der Waals surface area contributed by atoms with Crippen molar-refractivity contribution in [2.24, 2.45) is 5.73 Å². The van der Waals surface area contributed by atoms with Crippen LogP contribution in [0.25, 0.3) is 5.69 Å². The highest BCUT2D eigenvalue weighted by Gasteiger charge is 2.05. The van der Waals surface area contributed by atoms with Gasteiger partial charge in [0.2, 0.25) is 5.91 Å². The number of nitrogens with one attached hydrogen (secondary N) is 1. The fraction of sp³-hybridized carbons (Fsp3) is 0.0714. The number of primary amides is 1. The van der Waals surface area contributed by atoms with Gasteiger partial charge < -0.3 is 11.1 Å². The molecular weight excluding hydrogens is 286 g/mol. The largest absolute Gasteiger partial charge is 0.380 e. The van der Waals surface area contributed by atoms with Gasteiger partial charge >= 0.3 is 0 Å². The van der Waals surface area contributed by atoms with Gasteiger partial charge in [0.15, 0.2) is 0 Å². The van der Waals surface area contributed by atoms with Crippen molar-refractivity contribution < 1.29 is 4.79 Å². The Hall–Kier alpha value is -2.67. The first kappa shape index (κ1) is 13.3. The monoisotopic (exact) mass is 299 g/mol. The minimum Gasteiger partial charge on any atom is -0.380 e. The van der Waals surface area contributed by atoms with Gasteiger partial charge in [0, 0.05) is 22.5 Å². The van der Waals surface area contributed by atoms with E-state index in [1.165, 1.54) is 11.3 Å². The van der Waals surface area contributed by atoms with Crippen LogP contribution in [0.5, 0.6) is 0 Å². The number of hydrogen-bond donors (Lipinski definition) is 2. The summed E-state index contributed by atoms with van der Waals surface area (Å²) in [6.45, 7) is 0.642. The first-order valence-electron chi connectivity index (χ1n) is 6.28. The summed E-state index contributed by atoms with van der Waals surface area (Å²) in [5, 5.41) is 12.7. The number of aromatic nitrogens is 3. The van der Waals surface area contributed by atoms with Crippen LogP contribution < -0.4 is 11.1 Å². The summed E-state index contributed by atoms with van der Waals surface area (Å²) in [5.74, 6) is -0.396. The van der Waals surface area contributed by atoms with Gasteiger partial charge in [0.25, 0.3) is 0 Å². The molecule has 1 amide bonds. The fourth-order valence-corrected chi connectivity index (χ4v) is 2.72. The van der Waals surface area contributed by atoms with E-state index in [-0.39, 0.29) is 0 Å². The minimum atomic E-state index is -0.396. The maximum Gasteiger partial charge on any atom is 0.249 e. The van der Waals surface area contributed by atoms with Gasteiger partial charge in [-0.1, -0.05) is 6.07 Å². The van der Waals surface area contributed by atoms with E-state index in [1.54, 1.807) is 18.0 Å². The molecule has 0 aliphatic rings. The van der Waals surface area contributed by atoms with Gasteiger partial charge in [-0.2, -0.15) is 0 Å². The lowest BCUT2D eigenvalue weighted by atomic mass is 10.2. The van der Waals surface area contributed by atoms with Gasteiger partial charge in [-0.25, -0.2) is 0 Å². The third kappa shape index (κ3) is 3.09. The van der Waals surface area contributed by atoms with Crippen molar-refractivity contribution >= 4 is 22.9 Å². The Balaban J connectivity index is 1.70. The van der Waals surface area contributed by atoms with E-state index < -0.39 is 5.91 Å². The van der Waals surface area contributed by atoms with Gasteiger partial charge in [0.05, 0.1) is 11.3 Å². The zero-order valence-electron chi connectivity index (χ0n) is 11.1. The summed E-state index contributed by atoms with van der Waals surface area (Å²) in [5.41, 5.74) is 7.75. The predicted molar refractivity (Wildman–Crippen MR) is 81.5 cm³/mol. The van der Waals surface area contributed by atoms with E-state index >= 15 is 0 Å². The molecule has 0 atom stereocenters. The summed E-state index contributed by atoms with van der Waals surface area (Å²) < 4.78 is 1.83. The molecule has 0 bridgehead atoms. The van der Waals surface area contributed by atoms with Crippen molar-refractivity contribution in [3.8, 4) is 5.69 Å². The van der Waals surface area contributed by atoms with Crippen molar-refractivity contribution in [1.82, 2.24) is 14.8 Å². The number of hydrogen-bond acceptors (Lipinski definition) is 5. The molecule has 21 heavy (non-hydrogen) atoms. The summed E-state index contributed by atoms with van der Waals surface area (Å²) in [6, 6.07) is 9.73. The standard InChI is InChI=1S/C14H13N5OS/c15-14(20)10-4-13(21-7-10)6-16-11-2-1-3-12(5-11)19-8-17-18-9-19/h1-5,7-9,16H,6H2,(H2,15,20). The zero-order chi connectivity index (χ0) is 14.7. The molecule has 2 aromatic heterocycles. The molecule has 7 heteroatoms. The average Bonchev–Trinajstić information content (AvgIpc) is 3.17. The average molecular weight is 299 g/mol. The molecular formula is C14H13N5OS. The maximum atomic E-state index is 11.1. The SMILES string of the molecule is NC(=O)c1csc(CNc2cccc(-n3cnnc3)c2)c1. The fourth-order valence-electron chi connectivity index (χ4n) is 1.90. The number of carbonyl (C=O) groups excluding carboxylic acids is 1. The molecule has 2 heterocycles. The van der Waals surface area contributed by atoms with E-state index in [9.17, 15) is 4.79 Å². The Morgan fingerprint density at radius 1 is 1.29 bits per heavy atom. The smallest absolute Gasteiger partial charge is 0.249 e. The number of amides is 1. The first-order chi connectivity index (χ1) is 10.2. The van der Waals surface area contributed by atoms with E-state index in [0.29, 0.717) is 12.1 Å². The Bertz CT molecular complexity index is 750. The number of nitrogens with two attached hydrogens (primary N) is 1. The van der Waals surface area contributed by atoms with Crippen LogP contribution in [0, 0.1) is 0 Å². The summed E-state index contributed by atoms with van der Waals surface area (Å²) in [7, 11) is 0. The Labute approximate surface area is 125 Å². The molecule has 6 nitrogen and oxygen atoms in total. The predicted octanol–water partition coefficient (Wildman–Crippen LogP) is 2.04. The van der Waals surface area contributed by atoms with E-state index in [1.807, 2.05) is 34.9 Å². The molecule has 0 aliphatic carbocycles. The molecule has 3 N–H and O–H groups in total. The lowest BCUT2D eigenvalue weighted by Crippen LogP contribution is -2.09. The summed E-state index contributed by atoms with van der Waals surface area (Å²) in [6.07, 6.45) is 3.30. The molecule has 3 aromatic rings. The topological polar surface area (TPSA) is 85.8 Å². The number of thiophene rings is 1. The quantitative estimate of drug-likeness (QED) is 0.755. The van der Waals surface area contributed by atoms with Crippen molar-refractivity contribution in [2.45, 2.75) is 6.54 Å². The third-order valence-electron chi connectivity index (χ3n) is 2.97. The number of rotatable bonds is 5.